The first-order chi connectivity index (χ1) is 6.59. The number of piperidine rings is 1. The van der Waals surface area contributed by atoms with Gasteiger partial charge in [-0.25, -0.2) is 4.79 Å². The van der Waals surface area contributed by atoms with Crippen LogP contribution in [0.2, 0.25) is 0 Å². The van der Waals surface area contributed by atoms with Crippen LogP contribution in [-0.4, -0.2) is 36.6 Å². The van der Waals surface area contributed by atoms with Crippen molar-refractivity contribution in [3.8, 4) is 0 Å². The van der Waals surface area contributed by atoms with E-state index in [1.165, 1.54) is 19.4 Å². The lowest BCUT2D eigenvalue weighted by atomic mass is 9.97. The summed E-state index contributed by atoms with van der Waals surface area (Å²) in [5.74, 6) is 0.568. The lowest BCUT2D eigenvalue weighted by Gasteiger charge is -2.35. The number of rotatable bonds is 3. The second-order valence-corrected chi connectivity index (χ2v) is 4.34. The number of urea groups is 1. The number of primary amides is 1. The van der Waals surface area contributed by atoms with Gasteiger partial charge in [0.1, 0.15) is 0 Å². The number of hydrogen-bond acceptors (Lipinski definition) is 2. The van der Waals surface area contributed by atoms with Gasteiger partial charge in [0.15, 0.2) is 0 Å². The van der Waals surface area contributed by atoms with Crippen LogP contribution in [0.3, 0.4) is 0 Å². The Bertz CT molecular complexity index is 194. The molecule has 1 saturated heterocycles. The van der Waals surface area contributed by atoms with Crippen molar-refractivity contribution in [3.05, 3.63) is 0 Å². The summed E-state index contributed by atoms with van der Waals surface area (Å²) >= 11 is 0. The lowest BCUT2D eigenvalue weighted by molar-refractivity contribution is 0.139. The van der Waals surface area contributed by atoms with Gasteiger partial charge in [0, 0.05) is 19.1 Å². The minimum absolute atomic E-state index is 0.410. The van der Waals surface area contributed by atoms with E-state index in [-0.39, 0.29) is 0 Å². The van der Waals surface area contributed by atoms with Crippen molar-refractivity contribution in [3.63, 3.8) is 0 Å². The molecule has 82 valence electrons. The number of nitrogens with zero attached hydrogens (tertiary/aromatic N) is 1. The number of nitrogens with two attached hydrogens (primary N) is 1. The summed E-state index contributed by atoms with van der Waals surface area (Å²) in [6.07, 6.45) is 2.42. The van der Waals surface area contributed by atoms with Crippen LogP contribution in [-0.2, 0) is 0 Å². The van der Waals surface area contributed by atoms with Crippen molar-refractivity contribution in [1.82, 2.24) is 10.2 Å². The number of carbonyl (C=O) groups excluding carboxylic acids is 1. The minimum Gasteiger partial charge on any atom is -0.352 e. The van der Waals surface area contributed by atoms with Crippen molar-refractivity contribution < 1.29 is 4.79 Å². The van der Waals surface area contributed by atoms with E-state index in [0.717, 1.165) is 13.1 Å². The Morgan fingerprint density at radius 3 is 2.93 bits per heavy atom. The normalized spacial score (nSPS) is 23.8. The maximum Gasteiger partial charge on any atom is 0.312 e. The van der Waals surface area contributed by atoms with E-state index in [9.17, 15) is 4.79 Å². The van der Waals surface area contributed by atoms with Crippen LogP contribution in [0.4, 0.5) is 4.79 Å². The maximum atomic E-state index is 10.6. The molecule has 1 fully saturated rings. The molecule has 1 aliphatic rings. The smallest absolute Gasteiger partial charge is 0.312 e. The van der Waals surface area contributed by atoms with Crippen molar-refractivity contribution in [1.29, 1.82) is 0 Å². The second kappa shape index (κ2) is 5.20. The number of amides is 2. The highest BCUT2D eigenvalue weighted by Gasteiger charge is 2.21. The highest BCUT2D eigenvalue weighted by atomic mass is 16.2. The van der Waals surface area contributed by atoms with Crippen LogP contribution >= 0.6 is 0 Å². The Kier molecular flexibility index (Phi) is 4.20. The van der Waals surface area contributed by atoms with Gasteiger partial charge in [-0.15, -0.1) is 0 Å². The Morgan fingerprint density at radius 2 is 2.36 bits per heavy atom. The van der Waals surface area contributed by atoms with Crippen LogP contribution in [0.15, 0.2) is 0 Å². The summed E-state index contributed by atoms with van der Waals surface area (Å²) in [5, 5.41) is 2.69. The van der Waals surface area contributed by atoms with Crippen LogP contribution in [0.25, 0.3) is 0 Å². The predicted octanol–water partition coefficient (Wildman–Crippen LogP) is 0.775. The summed E-state index contributed by atoms with van der Waals surface area (Å²) in [6, 6.07) is 0.193. The molecule has 0 aliphatic carbocycles. The molecule has 0 radical (unpaired) electrons. The quantitative estimate of drug-likeness (QED) is 0.705. The Hall–Kier alpha value is -0.770. The number of carbonyl (C=O) groups is 1. The van der Waals surface area contributed by atoms with Crippen LogP contribution < -0.4 is 11.1 Å². The third-order valence-electron chi connectivity index (χ3n) is 2.85. The number of nitrogens with one attached hydrogen (secondary N) is 1. The zero-order valence-electron chi connectivity index (χ0n) is 9.12. The Balaban J connectivity index is 2.29. The SMILES string of the molecule is CC(C)N1CCCC(CNC(N)=O)C1. The summed E-state index contributed by atoms with van der Waals surface area (Å²) in [5.41, 5.74) is 5.04. The molecule has 4 heteroatoms. The summed E-state index contributed by atoms with van der Waals surface area (Å²) in [6.45, 7) is 7.41. The lowest BCUT2D eigenvalue weighted by Crippen LogP contribution is -2.44. The highest BCUT2D eigenvalue weighted by Crippen LogP contribution is 2.17. The van der Waals surface area contributed by atoms with E-state index < -0.39 is 6.03 Å². The second-order valence-electron chi connectivity index (χ2n) is 4.34. The van der Waals surface area contributed by atoms with Gasteiger partial charge < -0.3 is 16.0 Å². The fraction of sp³-hybridized carbons (Fsp3) is 0.900. The molecule has 0 aromatic rings. The zero-order chi connectivity index (χ0) is 10.6. The fourth-order valence-electron chi connectivity index (χ4n) is 1.98. The molecule has 3 N–H and O–H groups in total. The molecule has 1 atom stereocenters. The molecule has 0 aromatic heterocycles. The van der Waals surface area contributed by atoms with Gasteiger partial charge in [-0.1, -0.05) is 0 Å². The summed E-state index contributed by atoms with van der Waals surface area (Å²) in [4.78, 5) is 13.0. The standard InChI is InChI=1S/C10H21N3O/c1-8(2)13-5-3-4-9(7-13)6-12-10(11)14/h8-9H,3-7H2,1-2H3,(H3,11,12,14). The van der Waals surface area contributed by atoms with E-state index in [1.54, 1.807) is 0 Å². The van der Waals surface area contributed by atoms with Crippen molar-refractivity contribution in [2.45, 2.75) is 32.7 Å². The average Bonchev–Trinajstić information content (AvgIpc) is 2.15. The summed E-state index contributed by atoms with van der Waals surface area (Å²) in [7, 11) is 0. The van der Waals surface area contributed by atoms with Gasteiger partial charge >= 0.3 is 6.03 Å². The molecule has 1 heterocycles. The molecule has 14 heavy (non-hydrogen) atoms. The molecule has 0 aromatic carbocycles. The number of hydrogen-bond donors (Lipinski definition) is 2. The monoisotopic (exact) mass is 199 g/mol. The predicted molar refractivity (Wildman–Crippen MR) is 57.0 cm³/mol. The van der Waals surface area contributed by atoms with E-state index in [4.69, 9.17) is 5.73 Å². The van der Waals surface area contributed by atoms with Gasteiger partial charge in [-0.05, 0) is 39.2 Å². The Labute approximate surface area is 85.8 Å². The average molecular weight is 199 g/mol. The number of likely N-dealkylation sites (tertiary alicyclic amines) is 1. The molecule has 1 rings (SSSR count). The van der Waals surface area contributed by atoms with E-state index in [1.807, 2.05) is 0 Å². The molecule has 1 unspecified atom stereocenters. The van der Waals surface area contributed by atoms with Gasteiger partial charge in [-0.3, -0.25) is 0 Å². The van der Waals surface area contributed by atoms with Crippen LogP contribution in [0, 0.1) is 5.92 Å². The summed E-state index contributed by atoms with van der Waals surface area (Å²) < 4.78 is 0. The molecule has 0 bridgehead atoms. The fourth-order valence-corrected chi connectivity index (χ4v) is 1.98. The first kappa shape index (κ1) is 11.3. The van der Waals surface area contributed by atoms with Gasteiger partial charge in [0.2, 0.25) is 0 Å². The van der Waals surface area contributed by atoms with E-state index in [2.05, 4.69) is 24.1 Å². The molecule has 1 aliphatic heterocycles. The van der Waals surface area contributed by atoms with Crippen LogP contribution in [0.1, 0.15) is 26.7 Å². The molecule has 0 saturated carbocycles. The zero-order valence-corrected chi connectivity index (χ0v) is 9.12. The molecular formula is C10H21N3O. The molecule has 0 spiro atoms. The molecule has 2 amide bonds. The third-order valence-corrected chi connectivity index (χ3v) is 2.85. The van der Waals surface area contributed by atoms with E-state index >= 15 is 0 Å². The van der Waals surface area contributed by atoms with E-state index in [0.29, 0.717) is 12.0 Å². The molecular weight excluding hydrogens is 178 g/mol. The highest BCUT2D eigenvalue weighted by molar-refractivity contribution is 5.71. The van der Waals surface area contributed by atoms with Crippen molar-refractivity contribution in [2.24, 2.45) is 11.7 Å². The first-order valence-electron chi connectivity index (χ1n) is 5.37. The van der Waals surface area contributed by atoms with Gasteiger partial charge in [0.05, 0.1) is 0 Å². The minimum atomic E-state index is -0.410. The Morgan fingerprint density at radius 1 is 1.64 bits per heavy atom. The van der Waals surface area contributed by atoms with Crippen molar-refractivity contribution in [2.75, 3.05) is 19.6 Å². The maximum absolute atomic E-state index is 10.6. The van der Waals surface area contributed by atoms with Gasteiger partial charge in [0.25, 0.3) is 0 Å². The topological polar surface area (TPSA) is 58.4 Å². The van der Waals surface area contributed by atoms with Gasteiger partial charge in [-0.2, -0.15) is 0 Å². The molecule has 4 nitrogen and oxygen atoms in total. The third kappa shape index (κ3) is 3.54. The largest absolute Gasteiger partial charge is 0.352 e. The van der Waals surface area contributed by atoms with Crippen molar-refractivity contribution >= 4 is 6.03 Å². The first-order valence-corrected chi connectivity index (χ1v) is 5.37. The van der Waals surface area contributed by atoms with Crippen LogP contribution in [0.5, 0.6) is 0 Å².